The van der Waals surface area contributed by atoms with Gasteiger partial charge in [0.25, 0.3) is 0 Å². The molecule has 1 aromatic carbocycles. The van der Waals surface area contributed by atoms with E-state index in [9.17, 15) is 4.79 Å². The Labute approximate surface area is 150 Å². The maximum absolute atomic E-state index is 12.5. The molecule has 0 spiro atoms. The van der Waals surface area contributed by atoms with Crippen LogP contribution in [0.25, 0.3) is 10.2 Å². The summed E-state index contributed by atoms with van der Waals surface area (Å²) in [6.07, 6.45) is 2.11. The first-order chi connectivity index (χ1) is 12.2. The molecule has 2 aromatic heterocycles. The minimum absolute atomic E-state index is 0.199. The lowest BCUT2D eigenvalue weighted by atomic mass is 10.1. The SMILES string of the molecule is Cc1cc2c(N3CCN(C(=O)Cc4ccccc4)CC3)ncnc2s1. The number of fused-ring (bicyclic) bond motifs is 1. The van der Waals surface area contributed by atoms with Gasteiger partial charge in [-0.1, -0.05) is 30.3 Å². The number of anilines is 1. The lowest BCUT2D eigenvalue weighted by molar-refractivity contribution is -0.130. The highest BCUT2D eigenvalue weighted by Gasteiger charge is 2.23. The van der Waals surface area contributed by atoms with Gasteiger partial charge in [0.15, 0.2) is 0 Å². The first kappa shape index (κ1) is 16.0. The number of aromatic nitrogens is 2. The van der Waals surface area contributed by atoms with Crippen molar-refractivity contribution in [2.75, 3.05) is 31.1 Å². The van der Waals surface area contributed by atoms with Crippen molar-refractivity contribution in [1.82, 2.24) is 14.9 Å². The Morgan fingerprint density at radius 3 is 2.64 bits per heavy atom. The number of piperazine rings is 1. The van der Waals surface area contributed by atoms with Crippen molar-refractivity contribution in [2.24, 2.45) is 0 Å². The molecule has 1 amide bonds. The van der Waals surface area contributed by atoms with Gasteiger partial charge in [-0.05, 0) is 18.6 Å². The maximum atomic E-state index is 12.5. The third kappa shape index (κ3) is 3.35. The number of aryl methyl sites for hydroxylation is 1. The van der Waals surface area contributed by atoms with E-state index in [0.717, 1.165) is 47.8 Å². The van der Waals surface area contributed by atoms with E-state index in [0.29, 0.717) is 6.42 Å². The third-order valence-corrected chi connectivity index (χ3v) is 5.52. The van der Waals surface area contributed by atoms with Gasteiger partial charge in [0, 0.05) is 31.1 Å². The molecule has 0 unspecified atom stereocenters. The van der Waals surface area contributed by atoms with E-state index >= 15 is 0 Å². The van der Waals surface area contributed by atoms with Gasteiger partial charge in [-0.15, -0.1) is 11.3 Å². The molecule has 1 aliphatic rings. The molecular formula is C19H20N4OS. The molecule has 3 aromatic rings. The number of rotatable bonds is 3. The van der Waals surface area contributed by atoms with E-state index in [2.05, 4.69) is 27.9 Å². The van der Waals surface area contributed by atoms with Crippen molar-refractivity contribution in [3.8, 4) is 0 Å². The van der Waals surface area contributed by atoms with Crippen molar-refractivity contribution in [1.29, 1.82) is 0 Å². The summed E-state index contributed by atoms with van der Waals surface area (Å²) < 4.78 is 0. The topological polar surface area (TPSA) is 49.3 Å². The Morgan fingerprint density at radius 2 is 1.88 bits per heavy atom. The van der Waals surface area contributed by atoms with Crippen LogP contribution in [0.1, 0.15) is 10.4 Å². The molecule has 4 rings (SSSR count). The highest BCUT2D eigenvalue weighted by atomic mass is 32.1. The first-order valence-electron chi connectivity index (χ1n) is 8.48. The number of hydrogen-bond acceptors (Lipinski definition) is 5. The molecule has 0 N–H and O–H groups in total. The molecular weight excluding hydrogens is 332 g/mol. The number of benzene rings is 1. The van der Waals surface area contributed by atoms with Gasteiger partial charge in [0.2, 0.25) is 5.91 Å². The molecule has 1 fully saturated rings. The molecule has 3 heterocycles. The molecule has 0 atom stereocenters. The standard InChI is InChI=1S/C19H20N4OS/c1-14-11-16-18(20-13-21-19(16)25-14)23-9-7-22(8-10-23)17(24)12-15-5-3-2-4-6-15/h2-6,11,13H,7-10,12H2,1H3. The van der Waals surface area contributed by atoms with Gasteiger partial charge < -0.3 is 9.80 Å². The minimum Gasteiger partial charge on any atom is -0.352 e. The summed E-state index contributed by atoms with van der Waals surface area (Å²) >= 11 is 1.69. The molecule has 25 heavy (non-hydrogen) atoms. The van der Waals surface area contributed by atoms with Crippen LogP contribution < -0.4 is 4.90 Å². The molecule has 0 radical (unpaired) electrons. The lowest BCUT2D eigenvalue weighted by Gasteiger charge is -2.35. The predicted octanol–water partition coefficient (Wildman–Crippen LogP) is 2.89. The van der Waals surface area contributed by atoms with E-state index < -0.39 is 0 Å². The Bertz CT molecular complexity index is 885. The summed E-state index contributed by atoms with van der Waals surface area (Å²) in [6, 6.07) is 12.1. The van der Waals surface area contributed by atoms with E-state index in [4.69, 9.17) is 0 Å². The van der Waals surface area contributed by atoms with E-state index in [1.54, 1.807) is 17.7 Å². The minimum atomic E-state index is 0.199. The second-order valence-corrected chi connectivity index (χ2v) is 7.54. The molecule has 0 saturated carbocycles. The molecule has 5 nitrogen and oxygen atoms in total. The summed E-state index contributed by atoms with van der Waals surface area (Å²) in [5, 5.41) is 1.12. The average Bonchev–Trinajstić information content (AvgIpc) is 3.03. The normalized spacial score (nSPS) is 14.9. The van der Waals surface area contributed by atoms with Gasteiger partial charge in [-0.25, -0.2) is 9.97 Å². The van der Waals surface area contributed by atoms with E-state index in [-0.39, 0.29) is 5.91 Å². The van der Waals surface area contributed by atoms with Gasteiger partial charge in [-0.2, -0.15) is 0 Å². The molecule has 0 bridgehead atoms. The van der Waals surface area contributed by atoms with Crippen LogP contribution in [-0.4, -0.2) is 47.0 Å². The summed E-state index contributed by atoms with van der Waals surface area (Å²) in [4.78, 5) is 27.9. The lowest BCUT2D eigenvalue weighted by Crippen LogP contribution is -2.49. The number of carbonyl (C=O) groups is 1. The number of carbonyl (C=O) groups excluding carboxylic acids is 1. The summed E-state index contributed by atoms with van der Waals surface area (Å²) in [5.41, 5.74) is 1.07. The fourth-order valence-electron chi connectivity index (χ4n) is 3.27. The number of thiophene rings is 1. The number of nitrogens with zero attached hydrogens (tertiary/aromatic N) is 4. The highest BCUT2D eigenvalue weighted by Crippen LogP contribution is 2.30. The second-order valence-electron chi connectivity index (χ2n) is 6.30. The number of amides is 1. The monoisotopic (exact) mass is 352 g/mol. The fourth-order valence-corrected chi connectivity index (χ4v) is 4.11. The molecule has 128 valence electrons. The molecule has 1 saturated heterocycles. The van der Waals surface area contributed by atoms with Crippen LogP contribution >= 0.6 is 11.3 Å². The van der Waals surface area contributed by atoms with Crippen molar-refractivity contribution in [2.45, 2.75) is 13.3 Å². The van der Waals surface area contributed by atoms with Gasteiger partial charge in [0.05, 0.1) is 11.8 Å². The second kappa shape index (κ2) is 6.80. The Balaban J connectivity index is 1.43. The van der Waals surface area contributed by atoms with Crippen molar-refractivity contribution in [3.63, 3.8) is 0 Å². The molecule has 1 aliphatic heterocycles. The quantitative estimate of drug-likeness (QED) is 0.727. The van der Waals surface area contributed by atoms with Crippen molar-refractivity contribution < 1.29 is 4.79 Å². The zero-order chi connectivity index (χ0) is 17.2. The summed E-state index contributed by atoms with van der Waals surface area (Å²) in [5.74, 6) is 1.19. The van der Waals surface area contributed by atoms with E-state index in [1.165, 1.54) is 4.88 Å². The zero-order valence-corrected chi connectivity index (χ0v) is 15.0. The van der Waals surface area contributed by atoms with Gasteiger partial charge >= 0.3 is 0 Å². The fraction of sp³-hybridized carbons (Fsp3) is 0.316. The smallest absolute Gasteiger partial charge is 0.227 e. The largest absolute Gasteiger partial charge is 0.352 e. The molecule has 0 aliphatic carbocycles. The Morgan fingerprint density at radius 1 is 1.12 bits per heavy atom. The zero-order valence-electron chi connectivity index (χ0n) is 14.2. The van der Waals surface area contributed by atoms with Gasteiger partial charge in [0.1, 0.15) is 17.0 Å². The highest BCUT2D eigenvalue weighted by molar-refractivity contribution is 7.18. The van der Waals surface area contributed by atoms with Crippen LogP contribution in [0.5, 0.6) is 0 Å². The van der Waals surface area contributed by atoms with E-state index in [1.807, 2.05) is 35.2 Å². The third-order valence-electron chi connectivity index (χ3n) is 4.56. The summed E-state index contributed by atoms with van der Waals surface area (Å²) in [6.45, 7) is 5.18. The molecule has 6 heteroatoms. The van der Waals surface area contributed by atoms with Crippen LogP contribution in [0.3, 0.4) is 0 Å². The average molecular weight is 352 g/mol. The predicted molar refractivity (Wildman–Crippen MR) is 101 cm³/mol. The Kier molecular flexibility index (Phi) is 4.36. The van der Waals surface area contributed by atoms with Crippen molar-refractivity contribution >= 4 is 33.3 Å². The summed E-state index contributed by atoms with van der Waals surface area (Å²) in [7, 11) is 0. The number of hydrogen-bond donors (Lipinski definition) is 0. The van der Waals surface area contributed by atoms with Gasteiger partial charge in [-0.3, -0.25) is 4.79 Å². The van der Waals surface area contributed by atoms with Crippen LogP contribution in [0, 0.1) is 6.92 Å². The van der Waals surface area contributed by atoms with Crippen LogP contribution in [-0.2, 0) is 11.2 Å². The maximum Gasteiger partial charge on any atom is 0.227 e. The Hall–Kier alpha value is -2.47. The van der Waals surface area contributed by atoms with Crippen LogP contribution in [0.15, 0.2) is 42.7 Å². The van der Waals surface area contributed by atoms with Crippen LogP contribution in [0.2, 0.25) is 0 Å². The van der Waals surface area contributed by atoms with Crippen LogP contribution in [0.4, 0.5) is 5.82 Å². The van der Waals surface area contributed by atoms with Crippen molar-refractivity contribution in [3.05, 3.63) is 53.2 Å². The first-order valence-corrected chi connectivity index (χ1v) is 9.30.